The molecule has 0 aromatic heterocycles. The van der Waals surface area contributed by atoms with Crippen LogP contribution in [0.15, 0.2) is 58.3 Å². The molecule has 20 heavy (non-hydrogen) atoms. The number of hydrogen-bond donors (Lipinski definition) is 1. The Morgan fingerprint density at radius 2 is 1.75 bits per heavy atom. The number of nitrogens with zero attached hydrogens (tertiary/aromatic N) is 1. The molecule has 0 saturated heterocycles. The van der Waals surface area contributed by atoms with Gasteiger partial charge in [-0.15, -0.1) is 0 Å². The highest BCUT2D eigenvalue weighted by Gasteiger charge is 2.16. The molecule has 0 aliphatic carbocycles. The molecule has 2 N–H and O–H groups in total. The van der Waals surface area contributed by atoms with E-state index in [1.165, 1.54) is 17.8 Å². The molecule has 2 rings (SSSR count). The SMILES string of the molecule is CC[C@@H](N)c1ccccc1Sc1ccccc1[N+](=O)[O-]. The molecule has 104 valence electrons. The molecular formula is C15H16N2O2S. The van der Waals surface area contributed by atoms with E-state index in [-0.39, 0.29) is 16.7 Å². The van der Waals surface area contributed by atoms with Crippen molar-refractivity contribution in [2.75, 3.05) is 0 Å². The summed E-state index contributed by atoms with van der Waals surface area (Å²) < 4.78 is 0. The second-order valence-corrected chi connectivity index (χ2v) is 5.46. The zero-order chi connectivity index (χ0) is 14.5. The van der Waals surface area contributed by atoms with Crippen LogP contribution in [0.3, 0.4) is 0 Å². The second-order valence-electron chi connectivity index (χ2n) is 4.38. The fourth-order valence-corrected chi connectivity index (χ4v) is 3.03. The minimum atomic E-state index is -0.356. The fraction of sp³-hybridized carbons (Fsp3) is 0.200. The van der Waals surface area contributed by atoms with Gasteiger partial charge in [0.05, 0.1) is 9.82 Å². The summed E-state index contributed by atoms with van der Waals surface area (Å²) in [6.07, 6.45) is 0.828. The van der Waals surface area contributed by atoms with Gasteiger partial charge in [-0.3, -0.25) is 10.1 Å². The number of nitro groups is 1. The van der Waals surface area contributed by atoms with Gasteiger partial charge in [0.15, 0.2) is 0 Å². The van der Waals surface area contributed by atoms with E-state index < -0.39 is 0 Å². The van der Waals surface area contributed by atoms with Crippen molar-refractivity contribution in [2.45, 2.75) is 29.2 Å². The summed E-state index contributed by atoms with van der Waals surface area (Å²) in [7, 11) is 0. The first kappa shape index (κ1) is 14.6. The van der Waals surface area contributed by atoms with Crippen LogP contribution in [0.4, 0.5) is 5.69 Å². The summed E-state index contributed by atoms with van der Waals surface area (Å²) in [5.41, 5.74) is 7.25. The lowest BCUT2D eigenvalue weighted by Gasteiger charge is -2.14. The van der Waals surface area contributed by atoms with Crippen LogP contribution in [0.5, 0.6) is 0 Å². The standard InChI is InChI=1S/C15H16N2O2S/c1-2-12(16)11-7-3-5-9-14(11)20-15-10-6-4-8-13(15)17(18)19/h3-10,12H,2,16H2,1H3/t12-/m1/s1. The van der Waals surface area contributed by atoms with Crippen LogP contribution in [-0.2, 0) is 0 Å². The van der Waals surface area contributed by atoms with Gasteiger partial charge in [-0.2, -0.15) is 0 Å². The predicted molar refractivity (Wildman–Crippen MR) is 80.9 cm³/mol. The number of rotatable bonds is 5. The molecule has 2 aromatic rings. The molecule has 0 aliphatic heterocycles. The summed E-state index contributed by atoms with van der Waals surface area (Å²) >= 11 is 1.39. The maximum absolute atomic E-state index is 11.1. The highest BCUT2D eigenvalue weighted by molar-refractivity contribution is 7.99. The molecule has 5 heteroatoms. The lowest BCUT2D eigenvalue weighted by Crippen LogP contribution is -2.09. The van der Waals surface area contributed by atoms with Crippen LogP contribution in [0.2, 0.25) is 0 Å². The van der Waals surface area contributed by atoms with E-state index in [0.29, 0.717) is 4.90 Å². The molecule has 0 amide bonds. The smallest absolute Gasteiger partial charge is 0.283 e. The summed E-state index contributed by atoms with van der Waals surface area (Å²) in [4.78, 5) is 12.3. The first-order valence-corrected chi connectivity index (χ1v) is 7.21. The number of para-hydroxylation sites is 1. The van der Waals surface area contributed by atoms with E-state index in [0.717, 1.165) is 16.9 Å². The summed E-state index contributed by atoms with van der Waals surface area (Å²) in [5.74, 6) is 0. The Morgan fingerprint density at radius 3 is 2.40 bits per heavy atom. The first-order valence-electron chi connectivity index (χ1n) is 6.39. The van der Waals surface area contributed by atoms with Crippen molar-refractivity contribution >= 4 is 17.4 Å². The molecule has 4 nitrogen and oxygen atoms in total. The summed E-state index contributed by atoms with van der Waals surface area (Å²) in [6.45, 7) is 2.02. The zero-order valence-electron chi connectivity index (χ0n) is 11.2. The molecule has 0 radical (unpaired) electrons. The van der Waals surface area contributed by atoms with Gasteiger partial charge in [0.1, 0.15) is 0 Å². The van der Waals surface area contributed by atoms with Gasteiger partial charge in [-0.05, 0) is 24.1 Å². The number of nitrogens with two attached hydrogens (primary N) is 1. The molecule has 0 fully saturated rings. The number of nitro benzene ring substituents is 1. The molecule has 0 heterocycles. The van der Waals surface area contributed by atoms with Gasteiger partial charge in [0.2, 0.25) is 0 Å². The Kier molecular flexibility index (Phi) is 4.76. The maximum Gasteiger partial charge on any atom is 0.283 e. The second kappa shape index (κ2) is 6.54. The highest BCUT2D eigenvalue weighted by atomic mass is 32.2. The van der Waals surface area contributed by atoms with Crippen molar-refractivity contribution in [3.63, 3.8) is 0 Å². The van der Waals surface area contributed by atoms with Crippen LogP contribution in [-0.4, -0.2) is 4.92 Å². The lowest BCUT2D eigenvalue weighted by atomic mass is 10.1. The first-order chi connectivity index (χ1) is 9.63. The molecule has 2 aromatic carbocycles. The van der Waals surface area contributed by atoms with Crippen molar-refractivity contribution < 1.29 is 4.92 Å². The lowest BCUT2D eigenvalue weighted by molar-refractivity contribution is -0.387. The van der Waals surface area contributed by atoms with Crippen LogP contribution in [0, 0.1) is 10.1 Å². The Bertz CT molecular complexity index is 616. The number of benzene rings is 2. The van der Waals surface area contributed by atoms with E-state index in [1.807, 2.05) is 31.2 Å². The van der Waals surface area contributed by atoms with Crippen molar-refractivity contribution in [3.05, 3.63) is 64.2 Å². The van der Waals surface area contributed by atoms with Crippen molar-refractivity contribution in [1.82, 2.24) is 0 Å². The van der Waals surface area contributed by atoms with Crippen molar-refractivity contribution in [3.8, 4) is 0 Å². The third-order valence-corrected chi connectivity index (χ3v) is 4.20. The summed E-state index contributed by atoms with van der Waals surface area (Å²) in [6, 6.07) is 14.5. The average Bonchev–Trinajstić information content (AvgIpc) is 2.47. The van der Waals surface area contributed by atoms with Crippen LogP contribution < -0.4 is 5.73 Å². The Hall–Kier alpha value is -1.85. The van der Waals surface area contributed by atoms with Crippen LogP contribution in [0.1, 0.15) is 24.9 Å². The van der Waals surface area contributed by atoms with E-state index in [1.54, 1.807) is 18.2 Å². The zero-order valence-corrected chi connectivity index (χ0v) is 12.0. The van der Waals surface area contributed by atoms with E-state index >= 15 is 0 Å². The van der Waals surface area contributed by atoms with E-state index in [2.05, 4.69) is 0 Å². The Balaban J connectivity index is 2.38. The van der Waals surface area contributed by atoms with Gasteiger partial charge in [0, 0.05) is 17.0 Å². The molecule has 1 atom stereocenters. The van der Waals surface area contributed by atoms with E-state index in [9.17, 15) is 10.1 Å². The third kappa shape index (κ3) is 3.18. The minimum Gasteiger partial charge on any atom is -0.324 e. The largest absolute Gasteiger partial charge is 0.324 e. The molecule has 0 saturated carbocycles. The van der Waals surface area contributed by atoms with Crippen molar-refractivity contribution in [1.29, 1.82) is 0 Å². The van der Waals surface area contributed by atoms with Gasteiger partial charge in [-0.1, -0.05) is 49.0 Å². The molecular weight excluding hydrogens is 272 g/mol. The highest BCUT2D eigenvalue weighted by Crippen LogP contribution is 2.37. The number of hydrogen-bond acceptors (Lipinski definition) is 4. The quantitative estimate of drug-likeness (QED) is 0.662. The maximum atomic E-state index is 11.1. The molecule has 0 spiro atoms. The van der Waals surface area contributed by atoms with Gasteiger partial charge >= 0.3 is 0 Å². The monoisotopic (exact) mass is 288 g/mol. The Labute approximate surface area is 122 Å². The molecule has 0 unspecified atom stereocenters. The van der Waals surface area contributed by atoms with Crippen LogP contribution >= 0.6 is 11.8 Å². The molecule has 0 bridgehead atoms. The molecule has 0 aliphatic rings. The minimum absolute atomic E-state index is 0.0542. The summed E-state index contributed by atoms with van der Waals surface area (Å²) in [5, 5.41) is 11.1. The third-order valence-electron chi connectivity index (χ3n) is 3.04. The fourth-order valence-electron chi connectivity index (χ4n) is 1.91. The van der Waals surface area contributed by atoms with Gasteiger partial charge < -0.3 is 5.73 Å². The normalized spacial score (nSPS) is 12.1. The van der Waals surface area contributed by atoms with Crippen molar-refractivity contribution in [2.24, 2.45) is 5.73 Å². The van der Waals surface area contributed by atoms with Gasteiger partial charge in [-0.25, -0.2) is 0 Å². The van der Waals surface area contributed by atoms with Gasteiger partial charge in [0.25, 0.3) is 5.69 Å². The predicted octanol–water partition coefficient (Wildman–Crippen LogP) is 4.16. The topological polar surface area (TPSA) is 69.2 Å². The van der Waals surface area contributed by atoms with E-state index in [4.69, 9.17) is 5.73 Å². The average molecular weight is 288 g/mol. The van der Waals surface area contributed by atoms with Crippen LogP contribution in [0.25, 0.3) is 0 Å². The Morgan fingerprint density at radius 1 is 1.15 bits per heavy atom.